The molecule has 0 fully saturated rings. The molecule has 0 saturated heterocycles. The summed E-state index contributed by atoms with van der Waals surface area (Å²) in [5, 5.41) is 28.1. The first-order valence-electron chi connectivity index (χ1n) is 9.99. The predicted octanol–water partition coefficient (Wildman–Crippen LogP) is 3.50. The highest BCUT2D eigenvalue weighted by molar-refractivity contribution is 6.45. The van der Waals surface area contributed by atoms with Gasteiger partial charge in [-0.2, -0.15) is 5.10 Å². The van der Waals surface area contributed by atoms with E-state index in [1.807, 2.05) is 24.3 Å². The molecule has 0 amide bonds. The minimum Gasteiger partial charge on any atom is -0.506 e. The van der Waals surface area contributed by atoms with Gasteiger partial charge in [0.15, 0.2) is 5.84 Å². The Balaban J connectivity index is 1.60. The smallest absolute Gasteiger partial charge is 0.279 e. The Bertz CT molecular complexity index is 1440. The van der Waals surface area contributed by atoms with Crippen molar-refractivity contribution in [3.8, 4) is 5.69 Å². The van der Waals surface area contributed by atoms with Crippen molar-refractivity contribution < 1.29 is 9.90 Å². The molecule has 5 rings (SSSR count). The number of aliphatic hydroxyl groups excluding tert-OH is 1. The van der Waals surface area contributed by atoms with E-state index < -0.39 is 11.3 Å². The van der Waals surface area contributed by atoms with Crippen LogP contribution in [0.1, 0.15) is 18.2 Å². The number of hydrogen-bond donors (Lipinski definition) is 3. The quantitative estimate of drug-likeness (QED) is 0.557. The third kappa shape index (κ3) is 2.70. The number of aryl methyl sites for hydroxylation is 1. The molecule has 2 aromatic carbocycles. The summed E-state index contributed by atoms with van der Waals surface area (Å²) in [6, 6.07) is 18.1. The van der Waals surface area contributed by atoms with Crippen molar-refractivity contribution in [1.82, 2.24) is 9.78 Å². The Morgan fingerprint density at radius 3 is 2.06 bits per heavy atom. The largest absolute Gasteiger partial charge is 0.506 e. The fourth-order valence-electron chi connectivity index (χ4n) is 4.05. The summed E-state index contributed by atoms with van der Waals surface area (Å²) in [5.41, 5.74) is 2.14. The lowest BCUT2D eigenvalue weighted by molar-refractivity contribution is -0.111. The molecule has 3 aromatic rings. The highest BCUT2D eigenvalue weighted by Crippen LogP contribution is 2.40. The van der Waals surface area contributed by atoms with E-state index >= 15 is 0 Å². The fourth-order valence-corrected chi connectivity index (χ4v) is 4.05. The van der Waals surface area contributed by atoms with E-state index in [1.54, 1.807) is 50.2 Å². The molecule has 3 N–H and O–H groups in total. The Morgan fingerprint density at radius 1 is 0.875 bits per heavy atom. The Kier molecular flexibility index (Phi) is 4.30. The number of hydrazone groups is 1. The average molecular weight is 425 g/mol. The standard InChI is InChI=1S/C24H19N5O3/c1-13-17(23(25)28(26-13)15-9-5-3-6-10-15)19-21(30)20(22(19)31)18-14(2)27-29(24(18)32)16-11-7-4-8-12-16/h3-12,25,27,30H,1-2H3/b19-17-,25-23?. The first kappa shape index (κ1) is 19.5. The number of benzene rings is 2. The number of rotatable bonds is 3. The van der Waals surface area contributed by atoms with Crippen molar-refractivity contribution in [2.24, 2.45) is 5.10 Å². The maximum absolute atomic E-state index is 13.1. The highest BCUT2D eigenvalue weighted by Gasteiger charge is 2.43. The Labute approximate surface area is 182 Å². The number of H-pyrrole nitrogens is 1. The molecule has 1 aliphatic heterocycles. The molecule has 2 aliphatic rings. The van der Waals surface area contributed by atoms with Gasteiger partial charge in [0.2, 0.25) is 5.78 Å². The second-order valence-corrected chi connectivity index (χ2v) is 7.57. The summed E-state index contributed by atoms with van der Waals surface area (Å²) in [5.74, 6) is -0.778. The zero-order valence-corrected chi connectivity index (χ0v) is 17.4. The van der Waals surface area contributed by atoms with Crippen molar-refractivity contribution in [3.63, 3.8) is 0 Å². The van der Waals surface area contributed by atoms with Gasteiger partial charge in [0.1, 0.15) is 5.76 Å². The first-order valence-corrected chi connectivity index (χ1v) is 9.99. The number of hydrogen-bond acceptors (Lipinski definition) is 5. The van der Waals surface area contributed by atoms with Gasteiger partial charge in [-0.1, -0.05) is 36.4 Å². The Morgan fingerprint density at radius 2 is 1.47 bits per heavy atom. The number of ketones is 1. The summed E-state index contributed by atoms with van der Waals surface area (Å²) >= 11 is 0. The number of Topliss-reactive ketones (excluding diaryl/α,β-unsaturated/α-hetero) is 1. The fraction of sp³-hybridized carbons (Fsp3) is 0.0833. The highest BCUT2D eigenvalue weighted by atomic mass is 16.3. The number of carbonyl (C=O) groups is 1. The number of nitrogens with zero attached hydrogens (tertiary/aromatic N) is 3. The SMILES string of the molecule is CC1=NN(c2ccccc2)C(=N)/C1=C1\C(=O)C(c2c(C)[nH]n(-c3ccccc3)c2=O)=C1O. The van der Waals surface area contributed by atoms with Crippen LogP contribution in [0, 0.1) is 12.3 Å². The van der Waals surface area contributed by atoms with Gasteiger partial charge >= 0.3 is 0 Å². The lowest BCUT2D eigenvalue weighted by Gasteiger charge is -2.23. The average Bonchev–Trinajstić information content (AvgIpc) is 3.26. The van der Waals surface area contributed by atoms with Crippen molar-refractivity contribution in [2.75, 3.05) is 5.01 Å². The van der Waals surface area contributed by atoms with Gasteiger partial charge in [-0.25, -0.2) is 9.69 Å². The van der Waals surface area contributed by atoms with E-state index in [4.69, 9.17) is 5.41 Å². The van der Waals surface area contributed by atoms with E-state index in [9.17, 15) is 14.7 Å². The molecule has 8 heteroatoms. The topological polar surface area (TPSA) is 115 Å². The maximum Gasteiger partial charge on any atom is 0.279 e. The normalized spacial score (nSPS) is 18.3. The molecule has 32 heavy (non-hydrogen) atoms. The van der Waals surface area contributed by atoms with Crippen molar-refractivity contribution in [2.45, 2.75) is 13.8 Å². The summed E-state index contributed by atoms with van der Waals surface area (Å²) < 4.78 is 1.34. The van der Waals surface area contributed by atoms with E-state index in [0.717, 1.165) is 0 Å². The van der Waals surface area contributed by atoms with E-state index in [2.05, 4.69) is 10.2 Å². The summed E-state index contributed by atoms with van der Waals surface area (Å²) in [7, 11) is 0. The molecule has 0 spiro atoms. The number of amidine groups is 1. The third-order valence-corrected chi connectivity index (χ3v) is 5.57. The van der Waals surface area contributed by atoms with E-state index in [0.29, 0.717) is 22.8 Å². The molecule has 158 valence electrons. The van der Waals surface area contributed by atoms with Gasteiger partial charge in [0.25, 0.3) is 5.56 Å². The third-order valence-electron chi connectivity index (χ3n) is 5.57. The molecule has 2 heterocycles. The Hall–Kier alpha value is -4.46. The second-order valence-electron chi connectivity index (χ2n) is 7.57. The van der Waals surface area contributed by atoms with Crippen LogP contribution in [0.25, 0.3) is 11.3 Å². The second kappa shape index (κ2) is 7.05. The zero-order chi connectivity index (χ0) is 22.6. The van der Waals surface area contributed by atoms with Crippen molar-refractivity contribution in [3.05, 3.63) is 99.2 Å². The number of allylic oxidation sites excluding steroid dienone is 2. The van der Waals surface area contributed by atoms with Crippen LogP contribution in [0.5, 0.6) is 0 Å². The number of aliphatic hydroxyl groups is 1. The maximum atomic E-state index is 13.1. The van der Waals surface area contributed by atoms with Crippen molar-refractivity contribution >= 4 is 28.6 Å². The van der Waals surface area contributed by atoms with E-state index in [1.165, 1.54) is 9.69 Å². The van der Waals surface area contributed by atoms with Gasteiger partial charge in [0.05, 0.1) is 39.4 Å². The van der Waals surface area contributed by atoms with Gasteiger partial charge in [0, 0.05) is 5.69 Å². The number of aromatic nitrogens is 2. The monoisotopic (exact) mass is 425 g/mol. The molecule has 0 unspecified atom stereocenters. The molecule has 0 bridgehead atoms. The van der Waals surface area contributed by atoms with Crippen LogP contribution in [0.15, 0.2) is 87.5 Å². The van der Waals surface area contributed by atoms with E-state index in [-0.39, 0.29) is 33.9 Å². The molecule has 0 saturated carbocycles. The molecule has 1 aromatic heterocycles. The first-order chi connectivity index (χ1) is 15.4. The summed E-state index contributed by atoms with van der Waals surface area (Å²) in [4.78, 5) is 26.2. The lowest BCUT2D eigenvalue weighted by Crippen LogP contribution is -2.31. The molecular formula is C24H19N5O3. The minimum atomic E-state index is -0.480. The lowest BCUT2D eigenvalue weighted by atomic mass is 9.80. The van der Waals surface area contributed by atoms with Crippen LogP contribution in [0.2, 0.25) is 0 Å². The van der Waals surface area contributed by atoms with Gasteiger partial charge in [-0.3, -0.25) is 20.1 Å². The van der Waals surface area contributed by atoms with Gasteiger partial charge < -0.3 is 5.11 Å². The molecule has 8 nitrogen and oxygen atoms in total. The summed E-state index contributed by atoms with van der Waals surface area (Å²) in [6.45, 7) is 3.36. The molecule has 0 radical (unpaired) electrons. The van der Waals surface area contributed by atoms with Crippen LogP contribution in [-0.2, 0) is 4.79 Å². The van der Waals surface area contributed by atoms with Crippen LogP contribution >= 0.6 is 0 Å². The summed E-state index contributed by atoms with van der Waals surface area (Å²) in [6.07, 6.45) is 0. The number of anilines is 1. The number of nitrogens with one attached hydrogen (secondary N) is 2. The van der Waals surface area contributed by atoms with Crippen LogP contribution in [-0.4, -0.2) is 32.2 Å². The van der Waals surface area contributed by atoms with Gasteiger partial charge in [-0.05, 0) is 38.1 Å². The number of carbonyl (C=O) groups excluding carboxylic acids is 1. The van der Waals surface area contributed by atoms with Crippen LogP contribution < -0.4 is 10.6 Å². The predicted molar refractivity (Wildman–Crippen MR) is 122 cm³/mol. The molecular weight excluding hydrogens is 406 g/mol. The number of para-hydroxylation sites is 2. The van der Waals surface area contributed by atoms with Crippen LogP contribution in [0.3, 0.4) is 0 Å². The minimum absolute atomic E-state index is 0.00450. The van der Waals surface area contributed by atoms with Crippen LogP contribution in [0.4, 0.5) is 5.69 Å². The zero-order valence-electron chi connectivity index (χ0n) is 17.4. The molecule has 1 aliphatic carbocycles. The molecule has 0 atom stereocenters. The van der Waals surface area contributed by atoms with Crippen molar-refractivity contribution in [1.29, 1.82) is 5.41 Å². The number of aromatic amines is 1. The van der Waals surface area contributed by atoms with Gasteiger partial charge in [-0.15, -0.1) is 0 Å².